The van der Waals surface area contributed by atoms with E-state index in [1.54, 1.807) is 21.0 Å². The number of ether oxygens (including phenoxy) is 1. The molecule has 0 aliphatic heterocycles. The van der Waals surface area contributed by atoms with Crippen molar-refractivity contribution in [2.24, 2.45) is 0 Å². The normalized spacial score (nSPS) is 10.5. The molecule has 0 spiro atoms. The summed E-state index contributed by atoms with van der Waals surface area (Å²) in [6.45, 7) is 3.82. The van der Waals surface area contributed by atoms with E-state index in [2.05, 4.69) is 15.5 Å². The quantitative estimate of drug-likeness (QED) is 0.479. The van der Waals surface area contributed by atoms with Gasteiger partial charge in [0.15, 0.2) is 0 Å². The maximum Gasteiger partial charge on any atom is 0.341 e. The standard InChI is InChI=1S/C16H19IN4O4S/c1-5-6-25-16(24)10-8(2)12(15(23)21(3)4)26-14(10)19-13(22)11-9(17)7-18-20-11/h7H,5-6H2,1-4H3,(H,18,20)(H,19,22). The first-order chi connectivity index (χ1) is 12.3. The fourth-order valence-electron chi connectivity index (χ4n) is 2.12. The van der Waals surface area contributed by atoms with E-state index < -0.39 is 11.9 Å². The van der Waals surface area contributed by atoms with Gasteiger partial charge in [-0.3, -0.25) is 14.7 Å². The van der Waals surface area contributed by atoms with Gasteiger partial charge in [-0.25, -0.2) is 4.79 Å². The average Bonchev–Trinajstić information content (AvgIpc) is 3.15. The molecule has 2 aromatic heterocycles. The molecule has 2 aromatic rings. The van der Waals surface area contributed by atoms with Crippen LogP contribution in [0.1, 0.15) is 49.4 Å². The molecular formula is C16H19IN4O4S. The number of nitrogens with one attached hydrogen (secondary N) is 2. The molecule has 0 unspecified atom stereocenters. The highest BCUT2D eigenvalue weighted by molar-refractivity contribution is 14.1. The molecule has 0 saturated heterocycles. The van der Waals surface area contributed by atoms with Crippen molar-refractivity contribution in [2.75, 3.05) is 26.0 Å². The van der Waals surface area contributed by atoms with Crippen LogP contribution in [0.4, 0.5) is 5.00 Å². The second-order valence-electron chi connectivity index (χ2n) is 5.64. The van der Waals surface area contributed by atoms with E-state index in [1.807, 2.05) is 29.5 Å². The molecule has 8 nitrogen and oxygen atoms in total. The Labute approximate surface area is 168 Å². The highest BCUT2D eigenvalue weighted by atomic mass is 127. The highest BCUT2D eigenvalue weighted by Gasteiger charge is 2.28. The number of carbonyl (C=O) groups is 3. The number of amides is 2. The predicted molar refractivity (Wildman–Crippen MR) is 107 cm³/mol. The zero-order valence-electron chi connectivity index (χ0n) is 14.8. The first-order valence-corrected chi connectivity index (χ1v) is 9.69. The predicted octanol–water partition coefficient (Wildman–Crippen LogP) is 2.91. The maximum absolute atomic E-state index is 12.5. The number of hydrogen-bond acceptors (Lipinski definition) is 6. The number of H-pyrrole nitrogens is 1. The number of aromatic nitrogens is 2. The number of esters is 1. The second kappa shape index (κ2) is 8.62. The van der Waals surface area contributed by atoms with Crippen molar-refractivity contribution < 1.29 is 19.1 Å². The molecule has 2 rings (SSSR count). The van der Waals surface area contributed by atoms with E-state index >= 15 is 0 Å². The molecule has 0 aliphatic rings. The molecule has 2 amide bonds. The largest absolute Gasteiger partial charge is 0.462 e. The minimum Gasteiger partial charge on any atom is -0.462 e. The SMILES string of the molecule is CCCOC(=O)c1c(NC(=O)c2[nH]ncc2I)sc(C(=O)N(C)C)c1C. The summed E-state index contributed by atoms with van der Waals surface area (Å²) in [6.07, 6.45) is 2.19. The molecule has 0 saturated carbocycles. The van der Waals surface area contributed by atoms with Gasteiger partial charge >= 0.3 is 5.97 Å². The van der Waals surface area contributed by atoms with Gasteiger partial charge in [0.2, 0.25) is 0 Å². The summed E-state index contributed by atoms with van der Waals surface area (Å²) in [4.78, 5) is 39.1. The van der Waals surface area contributed by atoms with Gasteiger partial charge in [0.1, 0.15) is 10.7 Å². The first-order valence-electron chi connectivity index (χ1n) is 7.80. The molecule has 0 atom stereocenters. The van der Waals surface area contributed by atoms with Gasteiger partial charge in [-0.15, -0.1) is 11.3 Å². The number of aromatic amines is 1. The van der Waals surface area contributed by atoms with Gasteiger partial charge in [-0.2, -0.15) is 5.10 Å². The molecule has 0 radical (unpaired) electrons. The van der Waals surface area contributed by atoms with Gasteiger partial charge in [-0.1, -0.05) is 6.92 Å². The summed E-state index contributed by atoms with van der Waals surface area (Å²) in [5, 5.41) is 9.41. The summed E-state index contributed by atoms with van der Waals surface area (Å²) >= 11 is 3.04. The molecule has 0 bridgehead atoms. The fourth-order valence-corrected chi connectivity index (χ4v) is 3.83. The molecule has 0 aliphatic carbocycles. The van der Waals surface area contributed by atoms with Crippen molar-refractivity contribution in [3.05, 3.63) is 31.5 Å². The number of nitrogens with zero attached hydrogens (tertiary/aromatic N) is 2. The minimum absolute atomic E-state index is 0.205. The lowest BCUT2D eigenvalue weighted by atomic mass is 10.1. The van der Waals surface area contributed by atoms with Crippen LogP contribution < -0.4 is 5.32 Å². The van der Waals surface area contributed by atoms with E-state index in [9.17, 15) is 14.4 Å². The Morgan fingerprint density at radius 1 is 1.38 bits per heavy atom. The van der Waals surface area contributed by atoms with E-state index in [-0.39, 0.29) is 28.8 Å². The Morgan fingerprint density at radius 2 is 2.08 bits per heavy atom. The van der Waals surface area contributed by atoms with E-state index in [0.717, 1.165) is 11.3 Å². The van der Waals surface area contributed by atoms with Crippen molar-refractivity contribution in [1.29, 1.82) is 0 Å². The Kier molecular flexibility index (Phi) is 6.75. The minimum atomic E-state index is -0.562. The monoisotopic (exact) mass is 490 g/mol. The molecule has 2 heterocycles. The number of anilines is 1. The van der Waals surface area contributed by atoms with Crippen LogP contribution in [0.15, 0.2) is 6.20 Å². The highest BCUT2D eigenvalue weighted by Crippen LogP contribution is 2.34. The van der Waals surface area contributed by atoms with Crippen LogP contribution in [0.3, 0.4) is 0 Å². The molecule has 140 valence electrons. The smallest absolute Gasteiger partial charge is 0.341 e. The van der Waals surface area contributed by atoms with Crippen LogP contribution in [0, 0.1) is 10.5 Å². The molecule has 10 heteroatoms. The third kappa shape index (κ3) is 4.23. The van der Waals surface area contributed by atoms with Gasteiger partial charge in [0, 0.05) is 14.1 Å². The summed E-state index contributed by atoms with van der Waals surface area (Å²) in [7, 11) is 3.25. The zero-order chi connectivity index (χ0) is 19.4. The van der Waals surface area contributed by atoms with Crippen molar-refractivity contribution in [1.82, 2.24) is 15.1 Å². The van der Waals surface area contributed by atoms with Gasteiger partial charge in [0.25, 0.3) is 11.8 Å². The lowest BCUT2D eigenvalue weighted by Crippen LogP contribution is -2.21. The number of halogens is 1. The van der Waals surface area contributed by atoms with Crippen molar-refractivity contribution in [2.45, 2.75) is 20.3 Å². The molecule has 0 fully saturated rings. The number of carbonyl (C=O) groups excluding carboxylic acids is 3. The Balaban J connectivity index is 2.43. The number of thiophene rings is 1. The van der Waals surface area contributed by atoms with Gasteiger partial charge in [-0.05, 0) is 41.5 Å². The van der Waals surface area contributed by atoms with Crippen LogP contribution in [-0.2, 0) is 4.74 Å². The Bertz CT molecular complexity index is 843. The van der Waals surface area contributed by atoms with E-state index in [1.165, 1.54) is 11.1 Å². The molecule has 26 heavy (non-hydrogen) atoms. The first kappa shape index (κ1) is 20.4. The van der Waals surface area contributed by atoms with E-state index in [4.69, 9.17) is 4.74 Å². The van der Waals surface area contributed by atoms with Gasteiger partial charge in [0.05, 0.1) is 26.8 Å². The lowest BCUT2D eigenvalue weighted by Gasteiger charge is -2.09. The lowest BCUT2D eigenvalue weighted by molar-refractivity contribution is 0.0506. The van der Waals surface area contributed by atoms with Crippen LogP contribution in [0.25, 0.3) is 0 Å². The second-order valence-corrected chi connectivity index (χ2v) is 7.83. The Morgan fingerprint density at radius 3 is 2.62 bits per heavy atom. The Hall–Kier alpha value is -1.95. The summed E-state index contributed by atoms with van der Waals surface area (Å²) in [5.74, 6) is -1.25. The topological polar surface area (TPSA) is 104 Å². The van der Waals surface area contributed by atoms with E-state index in [0.29, 0.717) is 20.4 Å². The maximum atomic E-state index is 12.5. The third-order valence-electron chi connectivity index (χ3n) is 3.44. The summed E-state index contributed by atoms with van der Waals surface area (Å²) in [6, 6.07) is 0. The van der Waals surface area contributed by atoms with Crippen molar-refractivity contribution >= 4 is 56.7 Å². The van der Waals surface area contributed by atoms with Crippen LogP contribution in [0.2, 0.25) is 0 Å². The van der Waals surface area contributed by atoms with Crippen molar-refractivity contribution in [3.8, 4) is 0 Å². The van der Waals surface area contributed by atoms with Crippen LogP contribution in [0.5, 0.6) is 0 Å². The van der Waals surface area contributed by atoms with Crippen molar-refractivity contribution in [3.63, 3.8) is 0 Å². The number of hydrogen-bond donors (Lipinski definition) is 2. The average molecular weight is 490 g/mol. The number of rotatable bonds is 6. The van der Waals surface area contributed by atoms with Crippen LogP contribution in [-0.4, -0.2) is 53.6 Å². The summed E-state index contributed by atoms with van der Waals surface area (Å²) < 4.78 is 5.86. The fraction of sp³-hybridized carbons (Fsp3) is 0.375. The molecular weight excluding hydrogens is 471 g/mol. The molecule has 0 aromatic carbocycles. The van der Waals surface area contributed by atoms with Crippen LogP contribution >= 0.6 is 33.9 Å². The van der Waals surface area contributed by atoms with Gasteiger partial charge < -0.3 is 15.0 Å². The zero-order valence-corrected chi connectivity index (χ0v) is 17.8. The third-order valence-corrected chi connectivity index (χ3v) is 5.45. The summed E-state index contributed by atoms with van der Waals surface area (Å²) in [5.41, 5.74) is 0.978. The molecule has 2 N–H and O–H groups in total.